The minimum atomic E-state index is 0.315. The van der Waals surface area contributed by atoms with Gasteiger partial charge in [-0.2, -0.15) is 0 Å². The maximum absolute atomic E-state index is 10.7. The normalized spacial score (nSPS) is 16.4. The first-order chi connectivity index (χ1) is 7.70. The van der Waals surface area contributed by atoms with Crippen LogP contribution in [0.3, 0.4) is 0 Å². The number of carbonyl (C=O) groups is 1. The van der Waals surface area contributed by atoms with E-state index in [-0.39, 0.29) is 0 Å². The van der Waals surface area contributed by atoms with Gasteiger partial charge in [0.15, 0.2) is 0 Å². The van der Waals surface area contributed by atoms with E-state index in [1.54, 1.807) is 12.1 Å². The van der Waals surface area contributed by atoms with E-state index in [2.05, 4.69) is 31.9 Å². The van der Waals surface area contributed by atoms with Crippen molar-refractivity contribution < 1.29 is 9.53 Å². The largest absolute Gasteiger partial charge is 0.488 e. The number of hydrogen-bond donors (Lipinski definition) is 0. The van der Waals surface area contributed by atoms with Crippen molar-refractivity contribution in [3.63, 3.8) is 0 Å². The van der Waals surface area contributed by atoms with Crippen LogP contribution in [0.25, 0.3) is 0 Å². The van der Waals surface area contributed by atoms with Crippen molar-refractivity contribution >= 4 is 38.1 Å². The van der Waals surface area contributed by atoms with Crippen LogP contribution < -0.4 is 4.74 Å². The van der Waals surface area contributed by atoms with Gasteiger partial charge in [-0.1, -0.05) is 0 Å². The van der Waals surface area contributed by atoms with Gasteiger partial charge in [-0.05, 0) is 69.7 Å². The summed E-state index contributed by atoms with van der Waals surface area (Å²) in [6.45, 7) is 0. The second-order valence-corrected chi connectivity index (χ2v) is 5.66. The lowest BCUT2D eigenvalue weighted by atomic mass is 10.2. The van der Waals surface area contributed by atoms with Crippen molar-refractivity contribution in [3.8, 4) is 5.75 Å². The van der Waals surface area contributed by atoms with Crippen LogP contribution in [0, 0.1) is 0 Å². The van der Waals surface area contributed by atoms with E-state index in [1.807, 2.05) is 0 Å². The fourth-order valence-electron chi connectivity index (χ4n) is 1.93. The van der Waals surface area contributed by atoms with Crippen molar-refractivity contribution in [1.82, 2.24) is 0 Å². The number of rotatable bonds is 3. The van der Waals surface area contributed by atoms with Crippen LogP contribution in [-0.4, -0.2) is 12.4 Å². The quantitative estimate of drug-likeness (QED) is 0.760. The maximum atomic E-state index is 10.7. The first-order valence-corrected chi connectivity index (χ1v) is 6.90. The van der Waals surface area contributed by atoms with Crippen molar-refractivity contribution in [2.45, 2.75) is 31.8 Å². The highest BCUT2D eigenvalue weighted by atomic mass is 79.9. The highest BCUT2D eigenvalue weighted by Gasteiger charge is 2.19. The zero-order valence-electron chi connectivity index (χ0n) is 8.71. The summed E-state index contributed by atoms with van der Waals surface area (Å²) in [4.78, 5) is 10.7. The lowest BCUT2D eigenvalue weighted by molar-refractivity contribution is 0.112. The summed E-state index contributed by atoms with van der Waals surface area (Å²) < 4.78 is 7.59. The molecule has 0 spiro atoms. The molecule has 4 heteroatoms. The van der Waals surface area contributed by atoms with Crippen LogP contribution in [0.4, 0.5) is 0 Å². The van der Waals surface area contributed by atoms with E-state index >= 15 is 0 Å². The third-order valence-electron chi connectivity index (χ3n) is 2.74. The van der Waals surface area contributed by atoms with Gasteiger partial charge < -0.3 is 4.74 Å². The molecule has 0 N–H and O–H groups in total. The Labute approximate surface area is 112 Å². The van der Waals surface area contributed by atoms with E-state index in [1.165, 1.54) is 12.8 Å². The van der Waals surface area contributed by atoms with Crippen LogP contribution in [0.5, 0.6) is 5.75 Å². The number of ether oxygens (including phenoxy) is 1. The molecule has 1 aliphatic rings. The van der Waals surface area contributed by atoms with Crippen LogP contribution in [0.2, 0.25) is 0 Å². The summed E-state index contributed by atoms with van der Waals surface area (Å²) in [6, 6.07) is 3.56. The lowest BCUT2D eigenvalue weighted by Crippen LogP contribution is -2.11. The monoisotopic (exact) mass is 346 g/mol. The Balaban J connectivity index is 2.22. The van der Waals surface area contributed by atoms with Crippen LogP contribution in [-0.2, 0) is 0 Å². The van der Waals surface area contributed by atoms with Crippen LogP contribution in [0.1, 0.15) is 36.0 Å². The van der Waals surface area contributed by atoms with Crippen molar-refractivity contribution in [2.24, 2.45) is 0 Å². The van der Waals surface area contributed by atoms with Gasteiger partial charge in [0.2, 0.25) is 0 Å². The van der Waals surface area contributed by atoms with Crippen molar-refractivity contribution in [2.75, 3.05) is 0 Å². The SMILES string of the molecule is O=Cc1cc(Br)c(OC2CCCC2)c(Br)c1. The summed E-state index contributed by atoms with van der Waals surface area (Å²) >= 11 is 6.86. The van der Waals surface area contributed by atoms with E-state index in [4.69, 9.17) is 4.74 Å². The molecule has 1 aromatic rings. The Kier molecular flexibility index (Phi) is 4.03. The second kappa shape index (κ2) is 5.32. The average molecular weight is 348 g/mol. The summed E-state index contributed by atoms with van der Waals surface area (Å²) in [7, 11) is 0. The third kappa shape index (κ3) is 2.66. The smallest absolute Gasteiger partial charge is 0.150 e. The van der Waals surface area contributed by atoms with Gasteiger partial charge in [0.25, 0.3) is 0 Å². The molecule has 2 rings (SSSR count). The maximum Gasteiger partial charge on any atom is 0.150 e. The number of halogens is 2. The molecule has 0 radical (unpaired) electrons. The zero-order valence-corrected chi connectivity index (χ0v) is 11.9. The Morgan fingerprint density at radius 2 is 1.75 bits per heavy atom. The molecule has 1 aliphatic carbocycles. The molecule has 1 saturated carbocycles. The fourth-order valence-corrected chi connectivity index (χ4v) is 3.34. The molecule has 1 aromatic carbocycles. The molecule has 1 fully saturated rings. The minimum Gasteiger partial charge on any atom is -0.488 e. The Morgan fingerprint density at radius 3 is 2.25 bits per heavy atom. The van der Waals surface area contributed by atoms with Crippen molar-refractivity contribution in [1.29, 1.82) is 0 Å². The number of aldehydes is 1. The zero-order chi connectivity index (χ0) is 11.5. The van der Waals surface area contributed by atoms with Gasteiger partial charge in [0.1, 0.15) is 12.0 Å². The Bertz CT molecular complexity index is 375. The highest BCUT2D eigenvalue weighted by Crippen LogP contribution is 2.37. The molecule has 0 unspecified atom stereocenters. The molecule has 16 heavy (non-hydrogen) atoms. The number of carbonyl (C=O) groups excluding carboxylic acids is 1. The molecule has 2 nitrogen and oxygen atoms in total. The number of hydrogen-bond acceptors (Lipinski definition) is 2. The Morgan fingerprint density at radius 1 is 1.19 bits per heavy atom. The van der Waals surface area contributed by atoms with E-state index in [9.17, 15) is 4.79 Å². The van der Waals surface area contributed by atoms with E-state index in [0.717, 1.165) is 33.8 Å². The van der Waals surface area contributed by atoms with Gasteiger partial charge in [-0.15, -0.1) is 0 Å². The summed E-state index contributed by atoms with van der Waals surface area (Å²) in [5, 5.41) is 0. The molecule has 0 atom stereocenters. The first kappa shape index (κ1) is 12.1. The Hall–Kier alpha value is -0.350. The molecular formula is C12H12Br2O2. The number of benzene rings is 1. The van der Waals surface area contributed by atoms with Gasteiger partial charge in [-0.25, -0.2) is 0 Å². The molecule has 86 valence electrons. The molecular weight excluding hydrogens is 336 g/mol. The van der Waals surface area contributed by atoms with Crippen molar-refractivity contribution in [3.05, 3.63) is 26.6 Å². The van der Waals surface area contributed by atoms with Crippen LogP contribution in [0.15, 0.2) is 21.1 Å². The topological polar surface area (TPSA) is 26.3 Å². The van der Waals surface area contributed by atoms with Gasteiger partial charge >= 0.3 is 0 Å². The predicted octanol–water partition coefficient (Wildman–Crippen LogP) is 4.35. The van der Waals surface area contributed by atoms with E-state index < -0.39 is 0 Å². The lowest BCUT2D eigenvalue weighted by Gasteiger charge is -2.16. The fraction of sp³-hybridized carbons (Fsp3) is 0.417. The molecule has 0 heterocycles. The highest BCUT2D eigenvalue weighted by molar-refractivity contribution is 9.11. The summed E-state index contributed by atoms with van der Waals surface area (Å²) in [5.41, 5.74) is 0.637. The van der Waals surface area contributed by atoms with Crippen LogP contribution >= 0.6 is 31.9 Å². The third-order valence-corrected chi connectivity index (χ3v) is 3.92. The van der Waals surface area contributed by atoms with Gasteiger partial charge in [-0.3, -0.25) is 4.79 Å². The molecule has 0 bridgehead atoms. The average Bonchev–Trinajstić information content (AvgIpc) is 2.75. The molecule has 0 saturated heterocycles. The minimum absolute atomic E-state index is 0.315. The van der Waals surface area contributed by atoms with Gasteiger partial charge in [0.05, 0.1) is 15.0 Å². The molecule has 0 aliphatic heterocycles. The van der Waals surface area contributed by atoms with Gasteiger partial charge in [0, 0.05) is 5.56 Å². The second-order valence-electron chi connectivity index (χ2n) is 3.96. The predicted molar refractivity (Wildman–Crippen MR) is 70.1 cm³/mol. The molecule has 0 amide bonds. The molecule has 0 aromatic heterocycles. The summed E-state index contributed by atoms with van der Waals surface area (Å²) in [6.07, 6.45) is 5.87. The van der Waals surface area contributed by atoms with E-state index in [0.29, 0.717) is 11.7 Å². The first-order valence-electron chi connectivity index (χ1n) is 5.31. The summed E-state index contributed by atoms with van der Waals surface area (Å²) in [5.74, 6) is 0.803. The standard InChI is InChI=1S/C12H12Br2O2/c13-10-5-8(7-15)6-11(14)12(10)16-9-3-1-2-4-9/h5-7,9H,1-4H2.